The fourth-order valence-corrected chi connectivity index (χ4v) is 0.725. The van der Waals surface area contributed by atoms with Gasteiger partial charge in [0.2, 0.25) is 0 Å². The molecule has 0 aliphatic heterocycles. The van der Waals surface area contributed by atoms with E-state index in [0.29, 0.717) is 0 Å². The first-order valence-electron chi connectivity index (χ1n) is 3.19. The van der Waals surface area contributed by atoms with Gasteiger partial charge < -0.3 is 0 Å². The van der Waals surface area contributed by atoms with Crippen LogP contribution < -0.4 is 0 Å². The molecule has 44 valence electrons. The van der Waals surface area contributed by atoms with E-state index in [2.05, 4.69) is 32.1 Å². The van der Waals surface area contributed by atoms with Crippen LogP contribution in [-0.2, 0) is 0 Å². The van der Waals surface area contributed by atoms with Crippen molar-refractivity contribution < 1.29 is 0 Å². The summed E-state index contributed by atoms with van der Waals surface area (Å²) in [6.07, 6.45) is 7.91. The van der Waals surface area contributed by atoms with Gasteiger partial charge in [-0.2, -0.15) is 0 Å². The molecule has 0 nitrogen and oxygen atoms in total. The Labute approximate surface area is 50.9 Å². The molecule has 0 saturated carbocycles. The second-order valence-electron chi connectivity index (χ2n) is 2.27. The van der Waals surface area contributed by atoms with Gasteiger partial charge in [-0.1, -0.05) is 30.7 Å². The Morgan fingerprint density at radius 3 is 2.75 bits per heavy atom. The second-order valence-corrected chi connectivity index (χ2v) is 2.27. The number of rotatable bonds is 2. The summed E-state index contributed by atoms with van der Waals surface area (Å²) in [4.78, 5) is 0. The lowest BCUT2D eigenvalue weighted by Gasteiger charge is -1.81. The maximum Gasteiger partial charge on any atom is 0.0157 e. The van der Waals surface area contributed by atoms with Crippen LogP contribution in [0.5, 0.6) is 0 Å². The Hall–Kier alpha value is -0.520. The predicted octanol–water partition coefficient (Wildman–Crippen LogP) is 2.53. The smallest absolute Gasteiger partial charge is 0.0157 e. The van der Waals surface area contributed by atoms with E-state index in [9.17, 15) is 0 Å². The van der Waals surface area contributed by atoms with Crippen LogP contribution in [0.3, 0.4) is 0 Å². The molecular weight excluding hydrogens is 96.1 g/mol. The van der Waals surface area contributed by atoms with Crippen LogP contribution in [0, 0.1) is 5.92 Å². The van der Waals surface area contributed by atoms with Gasteiger partial charge in [0.05, 0.1) is 0 Å². The molecule has 0 aromatic carbocycles. The molecule has 1 rings (SSSR count). The highest BCUT2D eigenvalue weighted by Crippen LogP contribution is 2.28. The van der Waals surface area contributed by atoms with E-state index < -0.39 is 0 Å². The molecule has 8 heavy (non-hydrogen) atoms. The highest BCUT2D eigenvalue weighted by molar-refractivity contribution is 5.32. The van der Waals surface area contributed by atoms with Crippen molar-refractivity contribution in [3.8, 4) is 0 Å². The molecule has 0 spiro atoms. The summed E-state index contributed by atoms with van der Waals surface area (Å²) in [5.41, 5.74) is 1.52. The lowest BCUT2D eigenvalue weighted by Crippen LogP contribution is -1.67. The molecule has 1 aliphatic carbocycles. The standard InChI is InChI=1S/C8H12/c1-3-4-5-8-6-7(8)2/h4-6,8H,3H2,1-2H3. The number of hydrogen-bond acceptors (Lipinski definition) is 0. The zero-order valence-corrected chi connectivity index (χ0v) is 5.52. The van der Waals surface area contributed by atoms with Crippen LogP contribution in [-0.4, -0.2) is 0 Å². The Morgan fingerprint density at radius 2 is 2.38 bits per heavy atom. The summed E-state index contributed by atoms with van der Waals surface area (Å²) >= 11 is 0. The Bertz CT molecular complexity index is 129. The number of allylic oxidation sites excluding steroid dienone is 4. The third kappa shape index (κ3) is 1.22. The lowest BCUT2D eigenvalue weighted by atomic mass is 10.2. The molecule has 0 bridgehead atoms. The van der Waals surface area contributed by atoms with Gasteiger partial charge in [-0.25, -0.2) is 0 Å². The molecule has 0 N–H and O–H groups in total. The van der Waals surface area contributed by atoms with Crippen LogP contribution >= 0.6 is 0 Å². The molecule has 0 saturated heterocycles. The molecule has 0 fully saturated rings. The SMILES string of the molecule is CCC=CC1C=C1C. The van der Waals surface area contributed by atoms with Gasteiger partial charge in [-0.3, -0.25) is 0 Å². The summed E-state index contributed by atoms with van der Waals surface area (Å²) in [7, 11) is 0. The highest BCUT2D eigenvalue weighted by atomic mass is 14.2. The van der Waals surface area contributed by atoms with E-state index in [0.717, 1.165) is 12.3 Å². The zero-order valence-electron chi connectivity index (χ0n) is 5.52. The Balaban J connectivity index is 2.15. The normalized spacial score (nSPS) is 26.2. The topological polar surface area (TPSA) is 0 Å². The van der Waals surface area contributed by atoms with Gasteiger partial charge >= 0.3 is 0 Å². The fourth-order valence-electron chi connectivity index (χ4n) is 0.725. The summed E-state index contributed by atoms with van der Waals surface area (Å²) in [6, 6.07) is 0. The zero-order chi connectivity index (χ0) is 5.98. The van der Waals surface area contributed by atoms with Crippen molar-refractivity contribution >= 4 is 0 Å². The van der Waals surface area contributed by atoms with Gasteiger partial charge in [-0.15, -0.1) is 0 Å². The van der Waals surface area contributed by atoms with Gasteiger partial charge in [0, 0.05) is 5.92 Å². The second kappa shape index (κ2) is 2.17. The third-order valence-electron chi connectivity index (χ3n) is 1.44. The van der Waals surface area contributed by atoms with E-state index >= 15 is 0 Å². The summed E-state index contributed by atoms with van der Waals surface area (Å²) in [5, 5.41) is 0. The van der Waals surface area contributed by atoms with Gasteiger partial charge in [0.1, 0.15) is 0 Å². The van der Waals surface area contributed by atoms with E-state index in [1.165, 1.54) is 5.57 Å². The van der Waals surface area contributed by atoms with Crippen molar-refractivity contribution in [3.05, 3.63) is 23.8 Å². The molecule has 1 unspecified atom stereocenters. The van der Waals surface area contributed by atoms with E-state index in [4.69, 9.17) is 0 Å². The van der Waals surface area contributed by atoms with Crippen molar-refractivity contribution in [2.45, 2.75) is 20.3 Å². The van der Waals surface area contributed by atoms with Crippen LogP contribution in [0.15, 0.2) is 23.8 Å². The third-order valence-corrected chi connectivity index (χ3v) is 1.44. The number of hydrogen-bond donors (Lipinski definition) is 0. The molecule has 1 atom stereocenters. The van der Waals surface area contributed by atoms with E-state index in [1.54, 1.807) is 0 Å². The molecule has 0 aromatic heterocycles. The summed E-state index contributed by atoms with van der Waals surface area (Å²) in [5.74, 6) is 0.731. The van der Waals surface area contributed by atoms with Crippen LogP contribution in [0.4, 0.5) is 0 Å². The van der Waals surface area contributed by atoms with Gasteiger partial charge in [0.15, 0.2) is 0 Å². The molecule has 0 heterocycles. The Morgan fingerprint density at radius 1 is 1.75 bits per heavy atom. The first-order chi connectivity index (χ1) is 3.84. The maximum absolute atomic E-state index is 2.27. The van der Waals surface area contributed by atoms with Gasteiger partial charge in [0.25, 0.3) is 0 Å². The molecule has 0 amide bonds. The molecule has 0 aromatic rings. The maximum atomic E-state index is 2.27. The predicted molar refractivity (Wildman–Crippen MR) is 36.7 cm³/mol. The van der Waals surface area contributed by atoms with Gasteiger partial charge in [-0.05, 0) is 13.3 Å². The van der Waals surface area contributed by atoms with Crippen LogP contribution in [0.2, 0.25) is 0 Å². The van der Waals surface area contributed by atoms with Crippen LogP contribution in [0.25, 0.3) is 0 Å². The highest BCUT2D eigenvalue weighted by Gasteiger charge is 2.14. The molecule has 0 heteroatoms. The molecule has 0 radical (unpaired) electrons. The minimum Gasteiger partial charge on any atom is -0.0879 e. The monoisotopic (exact) mass is 108 g/mol. The van der Waals surface area contributed by atoms with E-state index in [-0.39, 0.29) is 0 Å². The lowest BCUT2D eigenvalue weighted by molar-refractivity contribution is 1.12. The fraction of sp³-hybridized carbons (Fsp3) is 0.500. The average Bonchev–Trinajstić information content (AvgIpc) is 2.42. The van der Waals surface area contributed by atoms with Crippen molar-refractivity contribution in [2.75, 3.05) is 0 Å². The van der Waals surface area contributed by atoms with Crippen molar-refractivity contribution in [3.63, 3.8) is 0 Å². The summed E-state index contributed by atoms with van der Waals surface area (Å²) < 4.78 is 0. The van der Waals surface area contributed by atoms with Crippen molar-refractivity contribution in [1.29, 1.82) is 0 Å². The minimum atomic E-state index is 0.731. The first kappa shape index (κ1) is 5.61. The van der Waals surface area contributed by atoms with Crippen molar-refractivity contribution in [1.82, 2.24) is 0 Å². The van der Waals surface area contributed by atoms with Crippen molar-refractivity contribution in [2.24, 2.45) is 5.92 Å². The largest absolute Gasteiger partial charge is 0.0879 e. The first-order valence-corrected chi connectivity index (χ1v) is 3.19. The average molecular weight is 108 g/mol. The minimum absolute atomic E-state index is 0.731. The van der Waals surface area contributed by atoms with Crippen LogP contribution in [0.1, 0.15) is 20.3 Å². The molecule has 1 aliphatic rings. The summed E-state index contributed by atoms with van der Waals surface area (Å²) in [6.45, 7) is 4.33. The Kier molecular flexibility index (Phi) is 1.52. The van der Waals surface area contributed by atoms with E-state index in [1.807, 2.05) is 0 Å². The molecular formula is C8H12. The quantitative estimate of drug-likeness (QED) is 0.477.